The van der Waals surface area contributed by atoms with Gasteiger partial charge in [0.2, 0.25) is 5.91 Å². The molecule has 9 nitrogen and oxygen atoms in total. The van der Waals surface area contributed by atoms with Gasteiger partial charge >= 0.3 is 0 Å². The van der Waals surface area contributed by atoms with E-state index >= 15 is 0 Å². The number of hydrogen-bond acceptors (Lipinski definition) is 8. The highest BCUT2D eigenvalue weighted by molar-refractivity contribution is 7.15. The summed E-state index contributed by atoms with van der Waals surface area (Å²) in [4.78, 5) is 31.3. The van der Waals surface area contributed by atoms with Crippen LogP contribution in [0.4, 0.5) is 5.13 Å². The van der Waals surface area contributed by atoms with Crippen LogP contribution in [-0.2, 0) is 20.7 Å². The number of nitrogens with one attached hydrogen (secondary N) is 2. The first-order chi connectivity index (χ1) is 17.7. The van der Waals surface area contributed by atoms with Crippen molar-refractivity contribution in [1.29, 1.82) is 0 Å². The van der Waals surface area contributed by atoms with Crippen molar-refractivity contribution in [2.45, 2.75) is 51.6 Å². The predicted octanol–water partition coefficient (Wildman–Crippen LogP) is 2.73. The lowest BCUT2D eigenvalue weighted by Gasteiger charge is -2.58. The SMILES string of the molecule is COCCNC(=O)CC1c2nc(NC(=O)COc3ccccc3)sc2CC2C(C)(CO)C(O)CCC12C. The summed E-state index contributed by atoms with van der Waals surface area (Å²) in [5.41, 5.74) is -0.234. The number of methoxy groups -OCH3 is 1. The van der Waals surface area contributed by atoms with Crippen LogP contribution in [0, 0.1) is 16.7 Å². The summed E-state index contributed by atoms with van der Waals surface area (Å²) in [7, 11) is 1.59. The van der Waals surface area contributed by atoms with E-state index in [2.05, 4.69) is 17.6 Å². The van der Waals surface area contributed by atoms with Crippen LogP contribution in [0.1, 0.15) is 49.6 Å². The minimum Gasteiger partial charge on any atom is -0.484 e. The van der Waals surface area contributed by atoms with Gasteiger partial charge in [-0.1, -0.05) is 32.0 Å². The zero-order chi connectivity index (χ0) is 26.6. The number of nitrogens with zero attached hydrogens (tertiary/aromatic N) is 1. The second-order valence-electron chi connectivity index (χ2n) is 10.6. The Kier molecular flexibility index (Phi) is 8.52. The van der Waals surface area contributed by atoms with Gasteiger partial charge in [-0.15, -0.1) is 11.3 Å². The molecule has 1 saturated carbocycles. The maximum atomic E-state index is 12.9. The molecule has 1 aromatic carbocycles. The van der Waals surface area contributed by atoms with Gasteiger partial charge in [0.1, 0.15) is 5.75 Å². The van der Waals surface area contributed by atoms with E-state index in [1.807, 2.05) is 25.1 Å². The molecule has 1 heterocycles. The molecule has 1 aromatic heterocycles. The van der Waals surface area contributed by atoms with Gasteiger partial charge in [0.15, 0.2) is 11.7 Å². The van der Waals surface area contributed by atoms with Crippen molar-refractivity contribution in [2.24, 2.45) is 16.7 Å². The molecule has 0 aliphatic heterocycles. The minimum absolute atomic E-state index is 0.0524. The predicted molar refractivity (Wildman–Crippen MR) is 141 cm³/mol. The van der Waals surface area contributed by atoms with Gasteiger partial charge in [0, 0.05) is 36.3 Å². The summed E-state index contributed by atoms with van der Waals surface area (Å²) >= 11 is 1.39. The second kappa shape index (κ2) is 11.5. The second-order valence-corrected chi connectivity index (χ2v) is 11.6. The normalized spacial score (nSPS) is 28.6. The number of rotatable bonds is 10. The Balaban J connectivity index is 1.58. The van der Waals surface area contributed by atoms with Gasteiger partial charge in [-0.3, -0.25) is 14.9 Å². The number of aliphatic hydroxyl groups excluding tert-OH is 2. The Labute approximate surface area is 221 Å². The number of anilines is 1. The number of aromatic nitrogens is 1. The van der Waals surface area contributed by atoms with Crippen molar-refractivity contribution in [2.75, 3.05) is 38.8 Å². The zero-order valence-corrected chi connectivity index (χ0v) is 22.5. The summed E-state index contributed by atoms with van der Waals surface area (Å²) in [6.45, 7) is 4.64. The number of carbonyl (C=O) groups is 2. The van der Waals surface area contributed by atoms with E-state index in [0.29, 0.717) is 43.3 Å². The van der Waals surface area contributed by atoms with E-state index in [9.17, 15) is 19.8 Å². The van der Waals surface area contributed by atoms with Crippen molar-refractivity contribution in [3.8, 4) is 5.75 Å². The van der Waals surface area contributed by atoms with E-state index < -0.39 is 11.5 Å². The van der Waals surface area contributed by atoms with Crippen molar-refractivity contribution < 1.29 is 29.3 Å². The van der Waals surface area contributed by atoms with Crippen molar-refractivity contribution >= 4 is 28.3 Å². The number of aliphatic hydroxyl groups is 2. The monoisotopic (exact) mass is 531 g/mol. The highest BCUT2D eigenvalue weighted by Gasteiger charge is 2.59. The first-order valence-electron chi connectivity index (χ1n) is 12.7. The van der Waals surface area contributed by atoms with E-state index in [1.165, 1.54) is 11.3 Å². The van der Waals surface area contributed by atoms with Crippen LogP contribution >= 0.6 is 11.3 Å². The third-order valence-corrected chi connectivity index (χ3v) is 9.28. The maximum absolute atomic E-state index is 12.9. The van der Waals surface area contributed by atoms with Crippen LogP contribution in [0.25, 0.3) is 0 Å². The summed E-state index contributed by atoms with van der Waals surface area (Å²) in [6.07, 6.45) is 1.49. The molecule has 0 radical (unpaired) electrons. The highest BCUT2D eigenvalue weighted by atomic mass is 32.1. The Morgan fingerprint density at radius 3 is 2.68 bits per heavy atom. The molecule has 4 N–H and O–H groups in total. The molecule has 10 heteroatoms. The highest BCUT2D eigenvalue weighted by Crippen LogP contribution is 2.62. The van der Waals surface area contributed by atoms with Crippen LogP contribution in [0.2, 0.25) is 0 Å². The molecule has 2 aliphatic carbocycles. The molecule has 4 rings (SSSR count). The van der Waals surface area contributed by atoms with Gasteiger partial charge in [-0.05, 0) is 42.7 Å². The smallest absolute Gasteiger partial charge is 0.264 e. The van der Waals surface area contributed by atoms with Crippen LogP contribution < -0.4 is 15.4 Å². The third-order valence-electron chi connectivity index (χ3n) is 8.27. The number of fused-ring (bicyclic) bond motifs is 2. The third kappa shape index (κ3) is 5.67. The number of ether oxygens (including phenoxy) is 2. The summed E-state index contributed by atoms with van der Waals surface area (Å²) < 4.78 is 10.6. The van der Waals surface area contributed by atoms with Crippen molar-refractivity contribution in [3.05, 3.63) is 40.9 Å². The van der Waals surface area contributed by atoms with Gasteiger partial charge in [-0.2, -0.15) is 0 Å². The summed E-state index contributed by atoms with van der Waals surface area (Å²) in [5, 5.41) is 27.5. The quantitative estimate of drug-likeness (QED) is 0.347. The van der Waals surface area contributed by atoms with Crippen molar-refractivity contribution in [3.63, 3.8) is 0 Å². The van der Waals surface area contributed by atoms with Gasteiger partial charge < -0.3 is 25.0 Å². The average molecular weight is 532 g/mol. The first-order valence-corrected chi connectivity index (χ1v) is 13.5. The Bertz CT molecular complexity index is 1100. The fraction of sp³-hybridized carbons (Fsp3) is 0.593. The minimum atomic E-state index is -0.702. The van der Waals surface area contributed by atoms with Crippen molar-refractivity contribution in [1.82, 2.24) is 10.3 Å². The summed E-state index contributed by atoms with van der Waals surface area (Å²) in [5.74, 6) is -0.0767. The number of para-hydroxylation sites is 1. The molecular formula is C27H37N3O6S. The number of thiazole rings is 1. The maximum Gasteiger partial charge on any atom is 0.264 e. The lowest BCUT2D eigenvalue weighted by molar-refractivity contribution is -0.144. The van der Waals surface area contributed by atoms with Crippen LogP contribution in [0.3, 0.4) is 0 Å². The molecular weight excluding hydrogens is 494 g/mol. The molecule has 37 heavy (non-hydrogen) atoms. The molecule has 0 saturated heterocycles. The topological polar surface area (TPSA) is 130 Å². The Morgan fingerprint density at radius 2 is 1.97 bits per heavy atom. The van der Waals surface area contributed by atoms with E-state index in [1.54, 1.807) is 19.2 Å². The fourth-order valence-corrected chi connectivity index (χ4v) is 7.15. The van der Waals surface area contributed by atoms with Crippen LogP contribution in [0.5, 0.6) is 5.75 Å². The number of hydrogen-bond donors (Lipinski definition) is 4. The summed E-state index contributed by atoms with van der Waals surface area (Å²) in [6, 6.07) is 9.12. The number of amides is 2. The zero-order valence-electron chi connectivity index (χ0n) is 21.7. The van der Waals surface area contributed by atoms with E-state index in [0.717, 1.165) is 10.6 Å². The van der Waals surface area contributed by atoms with Gasteiger partial charge in [-0.25, -0.2) is 4.98 Å². The van der Waals surface area contributed by atoms with Gasteiger partial charge in [0.25, 0.3) is 5.91 Å². The number of benzene rings is 1. The lowest BCUT2D eigenvalue weighted by atomic mass is 9.47. The molecule has 2 amide bonds. The largest absolute Gasteiger partial charge is 0.484 e. The van der Waals surface area contributed by atoms with Crippen LogP contribution in [0.15, 0.2) is 30.3 Å². The number of carbonyl (C=O) groups excluding carboxylic acids is 2. The molecule has 5 unspecified atom stereocenters. The van der Waals surface area contributed by atoms with Gasteiger partial charge in [0.05, 0.1) is 25.0 Å². The standard InChI is InChI=1S/C27H37N3O6S/c1-26-10-9-21(32)27(2,16-31)20(26)14-19-24(18(26)13-22(33)28-11-12-35-3)30-25(37-19)29-23(34)15-36-17-7-5-4-6-8-17/h4-8,18,20-21,31-32H,9-16H2,1-3H3,(H,28,33)(H,29,30,34). The average Bonchev–Trinajstić information content (AvgIpc) is 3.29. The van der Waals surface area contributed by atoms with Crippen LogP contribution in [-0.4, -0.2) is 66.6 Å². The Morgan fingerprint density at radius 1 is 1.22 bits per heavy atom. The molecule has 2 aliphatic rings. The molecule has 0 spiro atoms. The molecule has 5 atom stereocenters. The Hall–Kier alpha value is -2.53. The fourth-order valence-electron chi connectivity index (χ4n) is 6.07. The molecule has 1 fully saturated rings. The van der Waals surface area contributed by atoms with E-state index in [-0.39, 0.29) is 48.7 Å². The molecule has 0 bridgehead atoms. The lowest BCUT2D eigenvalue weighted by Crippen LogP contribution is -2.57. The molecule has 202 valence electrons. The van der Waals surface area contributed by atoms with E-state index in [4.69, 9.17) is 14.5 Å². The molecule has 2 aromatic rings. The first kappa shape index (κ1) is 27.5.